The van der Waals surface area contributed by atoms with Crippen LogP contribution in [0.1, 0.15) is 31.2 Å². The van der Waals surface area contributed by atoms with Crippen molar-refractivity contribution in [2.24, 2.45) is 0 Å². The van der Waals surface area contributed by atoms with Gasteiger partial charge in [-0.3, -0.25) is 9.36 Å². The summed E-state index contributed by atoms with van der Waals surface area (Å²) >= 11 is 7.46. The number of rotatable bonds is 10. The topological polar surface area (TPSA) is 69.0 Å². The SMILES string of the molecule is C=CCn1c(COc2ccccc2Cl)nnc1SCC(=O)Nc1ccc(C(C)C)cc1. The molecule has 3 rings (SSSR count). The van der Waals surface area contributed by atoms with Gasteiger partial charge in [-0.15, -0.1) is 16.8 Å². The number of halogens is 1. The lowest BCUT2D eigenvalue weighted by molar-refractivity contribution is -0.113. The number of thioether (sulfide) groups is 1. The number of hydrogen-bond acceptors (Lipinski definition) is 5. The van der Waals surface area contributed by atoms with Crippen molar-refractivity contribution in [3.8, 4) is 5.75 Å². The highest BCUT2D eigenvalue weighted by Crippen LogP contribution is 2.25. The molecule has 0 aliphatic rings. The van der Waals surface area contributed by atoms with Crippen molar-refractivity contribution in [2.75, 3.05) is 11.1 Å². The molecule has 0 aliphatic carbocycles. The molecule has 0 unspecified atom stereocenters. The molecule has 1 aromatic heterocycles. The molecule has 0 bridgehead atoms. The summed E-state index contributed by atoms with van der Waals surface area (Å²) in [4.78, 5) is 12.4. The number of ether oxygens (including phenoxy) is 1. The maximum Gasteiger partial charge on any atom is 0.234 e. The van der Waals surface area contributed by atoms with Gasteiger partial charge in [-0.25, -0.2) is 0 Å². The van der Waals surface area contributed by atoms with Crippen LogP contribution in [0.4, 0.5) is 5.69 Å². The minimum absolute atomic E-state index is 0.107. The first-order chi connectivity index (χ1) is 15.0. The van der Waals surface area contributed by atoms with Crippen LogP contribution in [0.15, 0.2) is 66.3 Å². The largest absolute Gasteiger partial charge is 0.484 e. The van der Waals surface area contributed by atoms with Crippen molar-refractivity contribution in [2.45, 2.75) is 38.1 Å². The number of nitrogens with zero attached hydrogens (tertiary/aromatic N) is 3. The number of benzene rings is 2. The summed E-state index contributed by atoms with van der Waals surface area (Å²) in [6.45, 7) is 8.78. The van der Waals surface area contributed by atoms with Gasteiger partial charge in [-0.05, 0) is 35.7 Å². The zero-order valence-corrected chi connectivity index (χ0v) is 19.1. The van der Waals surface area contributed by atoms with Crippen LogP contribution in [0.25, 0.3) is 0 Å². The average molecular weight is 457 g/mol. The van der Waals surface area contributed by atoms with E-state index in [1.165, 1.54) is 17.3 Å². The molecule has 0 saturated carbocycles. The van der Waals surface area contributed by atoms with E-state index in [1.807, 2.05) is 41.0 Å². The molecule has 31 heavy (non-hydrogen) atoms. The molecule has 0 spiro atoms. The van der Waals surface area contributed by atoms with Gasteiger partial charge in [-0.1, -0.05) is 67.6 Å². The first kappa shape index (κ1) is 22.9. The van der Waals surface area contributed by atoms with Gasteiger partial charge >= 0.3 is 0 Å². The number of allylic oxidation sites excluding steroid dienone is 1. The van der Waals surface area contributed by atoms with Crippen LogP contribution in [-0.2, 0) is 17.9 Å². The van der Waals surface area contributed by atoms with E-state index < -0.39 is 0 Å². The van der Waals surface area contributed by atoms with Crippen LogP contribution in [0.2, 0.25) is 5.02 Å². The third kappa shape index (κ3) is 6.35. The lowest BCUT2D eigenvalue weighted by atomic mass is 10.0. The van der Waals surface area contributed by atoms with E-state index in [2.05, 4.69) is 35.9 Å². The van der Waals surface area contributed by atoms with Crippen LogP contribution in [0.5, 0.6) is 5.75 Å². The van der Waals surface area contributed by atoms with Crippen LogP contribution < -0.4 is 10.1 Å². The zero-order valence-electron chi connectivity index (χ0n) is 17.5. The summed E-state index contributed by atoms with van der Waals surface area (Å²) in [5.41, 5.74) is 2.01. The van der Waals surface area contributed by atoms with Crippen LogP contribution in [0, 0.1) is 0 Å². The second kappa shape index (κ2) is 11.0. The molecule has 0 saturated heterocycles. The summed E-state index contributed by atoms with van der Waals surface area (Å²) in [6, 6.07) is 15.1. The maximum atomic E-state index is 12.4. The van der Waals surface area contributed by atoms with E-state index in [0.717, 1.165) is 5.69 Å². The molecule has 0 aliphatic heterocycles. The second-order valence-electron chi connectivity index (χ2n) is 7.13. The first-order valence-electron chi connectivity index (χ1n) is 9.91. The first-order valence-corrected chi connectivity index (χ1v) is 11.3. The van der Waals surface area contributed by atoms with Gasteiger partial charge in [0.15, 0.2) is 11.0 Å². The predicted octanol–water partition coefficient (Wildman–Crippen LogP) is 5.55. The Hall–Kier alpha value is -2.77. The van der Waals surface area contributed by atoms with Gasteiger partial charge in [0, 0.05) is 12.2 Å². The summed E-state index contributed by atoms with van der Waals surface area (Å²) in [6.07, 6.45) is 1.75. The Labute approximate surface area is 191 Å². The fourth-order valence-electron chi connectivity index (χ4n) is 2.83. The molecule has 2 aromatic carbocycles. The number of anilines is 1. The lowest BCUT2D eigenvalue weighted by Crippen LogP contribution is -2.15. The highest BCUT2D eigenvalue weighted by Gasteiger charge is 2.15. The molecule has 6 nitrogen and oxygen atoms in total. The van der Waals surface area contributed by atoms with Crippen LogP contribution in [0.3, 0.4) is 0 Å². The van der Waals surface area contributed by atoms with E-state index >= 15 is 0 Å². The molecule has 1 heterocycles. The Morgan fingerprint density at radius 2 is 1.97 bits per heavy atom. The number of nitrogens with one attached hydrogen (secondary N) is 1. The molecule has 8 heteroatoms. The summed E-state index contributed by atoms with van der Waals surface area (Å²) in [5.74, 6) is 1.77. The number of hydrogen-bond donors (Lipinski definition) is 1. The highest BCUT2D eigenvalue weighted by molar-refractivity contribution is 7.99. The van der Waals surface area contributed by atoms with Crippen LogP contribution in [-0.4, -0.2) is 26.4 Å². The van der Waals surface area contributed by atoms with E-state index in [0.29, 0.717) is 34.2 Å². The van der Waals surface area contributed by atoms with Crippen LogP contribution >= 0.6 is 23.4 Å². The fourth-order valence-corrected chi connectivity index (χ4v) is 3.78. The molecule has 0 radical (unpaired) electrons. The van der Waals surface area contributed by atoms with Crippen molar-refractivity contribution in [3.63, 3.8) is 0 Å². The Balaban J connectivity index is 1.59. The summed E-state index contributed by atoms with van der Waals surface area (Å²) in [5, 5.41) is 12.5. The highest BCUT2D eigenvalue weighted by atomic mass is 35.5. The quantitative estimate of drug-likeness (QED) is 0.320. The second-order valence-corrected chi connectivity index (χ2v) is 8.48. The van der Waals surface area contributed by atoms with Crippen molar-refractivity contribution >= 4 is 35.0 Å². The van der Waals surface area contributed by atoms with Crippen molar-refractivity contribution in [1.29, 1.82) is 0 Å². The Morgan fingerprint density at radius 3 is 2.65 bits per heavy atom. The molecule has 1 N–H and O–H groups in total. The summed E-state index contributed by atoms with van der Waals surface area (Å²) < 4.78 is 7.65. The summed E-state index contributed by atoms with van der Waals surface area (Å²) in [7, 11) is 0. The third-order valence-corrected chi connectivity index (χ3v) is 5.77. The van der Waals surface area contributed by atoms with Crippen molar-refractivity contribution in [1.82, 2.24) is 14.8 Å². The van der Waals surface area contributed by atoms with Gasteiger partial charge in [-0.2, -0.15) is 0 Å². The minimum Gasteiger partial charge on any atom is -0.484 e. The number of para-hydroxylation sites is 1. The zero-order chi connectivity index (χ0) is 22.2. The Morgan fingerprint density at radius 1 is 1.23 bits per heavy atom. The maximum absolute atomic E-state index is 12.4. The molecular weight excluding hydrogens is 432 g/mol. The molecule has 162 valence electrons. The van der Waals surface area contributed by atoms with Crippen molar-refractivity contribution in [3.05, 3.63) is 77.6 Å². The van der Waals surface area contributed by atoms with E-state index in [9.17, 15) is 4.79 Å². The van der Waals surface area contributed by atoms with E-state index in [1.54, 1.807) is 18.2 Å². The fraction of sp³-hybridized carbons (Fsp3) is 0.261. The Kier molecular flexibility index (Phi) is 8.14. The van der Waals surface area contributed by atoms with Gasteiger partial charge in [0.1, 0.15) is 12.4 Å². The van der Waals surface area contributed by atoms with E-state index in [4.69, 9.17) is 16.3 Å². The number of amides is 1. The number of aromatic nitrogens is 3. The van der Waals surface area contributed by atoms with Crippen molar-refractivity contribution < 1.29 is 9.53 Å². The van der Waals surface area contributed by atoms with Gasteiger partial charge in [0.2, 0.25) is 5.91 Å². The van der Waals surface area contributed by atoms with Gasteiger partial charge in [0.25, 0.3) is 0 Å². The average Bonchev–Trinajstić information content (AvgIpc) is 3.14. The van der Waals surface area contributed by atoms with Gasteiger partial charge in [0.05, 0.1) is 10.8 Å². The molecule has 3 aromatic rings. The normalized spacial score (nSPS) is 10.8. The number of carbonyl (C=O) groups is 1. The lowest BCUT2D eigenvalue weighted by Gasteiger charge is -2.10. The smallest absolute Gasteiger partial charge is 0.234 e. The Bertz CT molecular complexity index is 1030. The third-order valence-electron chi connectivity index (χ3n) is 4.49. The predicted molar refractivity (Wildman–Crippen MR) is 126 cm³/mol. The monoisotopic (exact) mass is 456 g/mol. The molecule has 1 amide bonds. The standard InChI is InChI=1S/C23H25ClN4O2S/c1-4-13-28-21(14-30-20-8-6-5-7-19(20)24)26-27-23(28)31-15-22(29)25-18-11-9-17(10-12-18)16(2)3/h4-12,16H,1,13-15H2,2-3H3,(H,25,29). The molecule has 0 atom stereocenters. The number of carbonyl (C=O) groups excluding carboxylic acids is 1. The van der Waals surface area contributed by atoms with E-state index in [-0.39, 0.29) is 18.3 Å². The van der Waals surface area contributed by atoms with Gasteiger partial charge < -0.3 is 10.1 Å². The molecular formula is C23H25ClN4O2S. The molecule has 0 fully saturated rings. The minimum atomic E-state index is -0.107.